The average molecular weight is 228 g/mol. The number of nitrogens with one attached hydrogen (secondary N) is 1. The molecule has 2 unspecified atom stereocenters. The van der Waals surface area contributed by atoms with E-state index in [1.807, 2.05) is 0 Å². The number of hydrogen-bond acceptors (Lipinski definition) is 3. The van der Waals surface area contributed by atoms with E-state index in [4.69, 9.17) is 5.11 Å². The number of likely N-dealkylation sites (N-methyl/N-ethyl adjacent to an activating group) is 1. The van der Waals surface area contributed by atoms with Gasteiger partial charge >= 0.3 is 5.97 Å². The maximum absolute atomic E-state index is 11.7. The van der Waals surface area contributed by atoms with Gasteiger partial charge in [-0.05, 0) is 33.2 Å². The summed E-state index contributed by atoms with van der Waals surface area (Å²) in [6, 6.07) is -0.685. The number of carbonyl (C=O) groups excluding carboxylic acids is 1. The van der Waals surface area contributed by atoms with E-state index in [0.29, 0.717) is 12.5 Å². The number of carbonyl (C=O) groups is 2. The van der Waals surface area contributed by atoms with Crippen LogP contribution in [0.3, 0.4) is 0 Å². The van der Waals surface area contributed by atoms with Crippen molar-refractivity contribution in [3.63, 3.8) is 0 Å². The molecule has 5 heteroatoms. The van der Waals surface area contributed by atoms with E-state index < -0.39 is 18.1 Å². The number of nitrogens with zero attached hydrogens (tertiary/aromatic N) is 1. The average Bonchev–Trinajstić information content (AvgIpc) is 3.00. The lowest BCUT2D eigenvalue weighted by Gasteiger charge is -2.28. The molecule has 1 amide bonds. The first-order chi connectivity index (χ1) is 7.47. The molecule has 1 aliphatic carbocycles. The lowest BCUT2D eigenvalue weighted by Crippen LogP contribution is -2.50. The lowest BCUT2D eigenvalue weighted by atomic mass is 10.1. The quantitative estimate of drug-likeness (QED) is 0.692. The van der Waals surface area contributed by atoms with E-state index in [-0.39, 0.29) is 5.91 Å². The molecule has 2 N–H and O–H groups in total. The number of rotatable bonds is 6. The van der Waals surface area contributed by atoms with Crippen LogP contribution in [0.5, 0.6) is 0 Å². The molecular formula is C11H20N2O3. The lowest BCUT2D eigenvalue weighted by molar-refractivity contribution is -0.144. The van der Waals surface area contributed by atoms with E-state index in [2.05, 4.69) is 5.32 Å². The summed E-state index contributed by atoms with van der Waals surface area (Å²) in [6.45, 7) is 3.55. The molecule has 0 aromatic heterocycles. The third-order valence-electron chi connectivity index (χ3n) is 3.08. The molecule has 0 aromatic rings. The first kappa shape index (κ1) is 13.0. The number of hydrogen-bond donors (Lipinski definition) is 2. The van der Waals surface area contributed by atoms with Crippen LogP contribution in [0.25, 0.3) is 0 Å². The van der Waals surface area contributed by atoms with Crippen molar-refractivity contribution in [2.75, 3.05) is 7.05 Å². The molecule has 0 saturated heterocycles. The summed E-state index contributed by atoms with van der Waals surface area (Å²) < 4.78 is 0. The fourth-order valence-electron chi connectivity index (χ4n) is 1.64. The summed E-state index contributed by atoms with van der Waals surface area (Å²) in [4.78, 5) is 24.3. The molecule has 0 aliphatic heterocycles. The van der Waals surface area contributed by atoms with E-state index in [9.17, 15) is 9.59 Å². The van der Waals surface area contributed by atoms with Gasteiger partial charge in [0.25, 0.3) is 0 Å². The van der Waals surface area contributed by atoms with E-state index in [1.54, 1.807) is 25.8 Å². The molecule has 0 radical (unpaired) electrons. The second-order valence-corrected chi connectivity index (χ2v) is 4.39. The molecule has 0 aromatic carbocycles. The van der Waals surface area contributed by atoms with E-state index >= 15 is 0 Å². The van der Waals surface area contributed by atoms with Crippen LogP contribution in [-0.4, -0.2) is 47.1 Å². The van der Waals surface area contributed by atoms with Crippen molar-refractivity contribution in [1.82, 2.24) is 10.2 Å². The van der Waals surface area contributed by atoms with Crippen molar-refractivity contribution in [1.29, 1.82) is 0 Å². The highest BCUT2D eigenvalue weighted by Gasteiger charge is 2.31. The Hall–Kier alpha value is -1.10. The minimum atomic E-state index is -0.879. The van der Waals surface area contributed by atoms with Crippen molar-refractivity contribution < 1.29 is 14.7 Å². The van der Waals surface area contributed by atoms with Gasteiger partial charge in [-0.15, -0.1) is 0 Å². The summed E-state index contributed by atoms with van der Waals surface area (Å²) in [5.74, 6) is -0.958. The Kier molecular flexibility index (Phi) is 4.29. The van der Waals surface area contributed by atoms with Crippen molar-refractivity contribution in [2.45, 2.75) is 51.2 Å². The van der Waals surface area contributed by atoms with Crippen molar-refractivity contribution in [2.24, 2.45) is 0 Å². The molecule has 0 spiro atoms. The van der Waals surface area contributed by atoms with Gasteiger partial charge in [0.15, 0.2) is 0 Å². The normalized spacial score (nSPS) is 19.2. The van der Waals surface area contributed by atoms with Crippen LogP contribution < -0.4 is 5.32 Å². The molecule has 5 nitrogen and oxygen atoms in total. The van der Waals surface area contributed by atoms with Gasteiger partial charge in [0.2, 0.25) is 5.91 Å². The maximum Gasteiger partial charge on any atom is 0.320 e. The van der Waals surface area contributed by atoms with E-state index in [0.717, 1.165) is 12.8 Å². The standard InChI is InChI=1S/C11H20N2O3/c1-4-9(11(15)16)13(3)7(2)10(14)12-8-5-6-8/h7-9H,4-6H2,1-3H3,(H,12,14)(H,15,16). The highest BCUT2D eigenvalue weighted by atomic mass is 16.4. The maximum atomic E-state index is 11.7. The summed E-state index contributed by atoms with van der Waals surface area (Å²) in [6.07, 6.45) is 2.57. The third kappa shape index (κ3) is 3.20. The zero-order valence-electron chi connectivity index (χ0n) is 10.1. The van der Waals surface area contributed by atoms with Crippen LogP contribution in [0.1, 0.15) is 33.1 Å². The molecule has 1 saturated carbocycles. The highest BCUT2D eigenvalue weighted by Crippen LogP contribution is 2.19. The van der Waals surface area contributed by atoms with Crippen LogP contribution in [0.4, 0.5) is 0 Å². The molecule has 0 bridgehead atoms. The number of carboxylic acid groups (broad SMARTS) is 1. The molecule has 2 atom stereocenters. The van der Waals surface area contributed by atoms with Crippen LogP contribution in [-0.2, 0) is 9.59 Å². The van der Waals surface area contributed by atoms with Crippen LogP contribution >= 0.6 is 0 Å². The van der Waals surface area contributed by atoms with Gasteiger partial charge in [-0.1, -0.05) is 6.92 Å². The van der Waals surface area contributed by atoms with Gasteiger partial charge in [-0.3, -0.25) is 14.5 Å². The smallest absolute Gasteiger partial charge is 0.320 e. The Balaban J connectivity index is 2.52. The first-order valence-corrected chi connectivity index (χ1v) is 5.72. The predicted molar refractivity (Wildman–Crippen MR) is 60.1 cm³/mol. The topological polar surface area (TPSA) is 69.6 Å². The molecule has 16 heavy (non-hydrogen) atoms. The summed E-state index contributed by atoms with van der Waals surface area (Å²) in [5, 5.41) is 11.9. The van der Waals surface area contributed by atoms with Crippen LogP contribution in [0.15, 0.2) is 0 Å². The molecule has 1 rings (SSSR count). The highest BCUT2D eigenvalue weighted by molar-refractivity contribution is 5.83. The van der Waals surface area contributed by atoms with Gasteiger partial charge in [-0.25, -0.2) is 0 Å². The summed E-state index contributed by atoms with van der Waals surface area (Å²) >= 11 is 0. The predicted octanol–water partition coefficient (Wildman–Crippen LogP) is 0.449. The Morgan fingerprint density at radius 1 is 1.50 bits per heavy atom. The van der Waals surface area contributed by atoms with Crippen LogP contribution in [0.2, 0.25) is 0 Å². The second-order valence-electron chi connectivity index (χ2n) is 4.39. The van der Waals surface area contributed by atoms with Gasteiger partial charge in [0.1, 0.15) is 6.04 Å². The van der Waals surface area contributed by atoms with Crippen molar-refractivity contribution >= 4 is 11.9 Å². The van der Waals surface area contributed by atoms with Gasteiger partial charge in [0, 0.05) is 6.04 Å². The van der Waals surface area contributed by atoms with Gasteiger partial charge < -0.3 is 10.4 Å². The molecular weight excluding hydrogens is 208 g/mol. The minimum absolute atomic E-state index is 0.0790. The molecule has 0 heterocycles. The zero-order chi connectivity index (χ0) is 12.3. The molecule has 1 aliphatic rings. The van der Waals surface area contributed by atoms with Crippen molar-refractivity contribution in [3.8, 4) is 0 Å². The third-order valence-corrected chi connectivity index (χ3v) is 3.08. The van der Waals surface area contributed by atoms with Crippen LogP contribution in [0, 0.1) is 0 Å². The monoisotopic (exact) mass is 228 g/mol. The second kappa shape index (κ2) is 5.30. The first-order valence-electron chi connectivity index (χ1n) is 5.72. The minimum Gasteiger partial charge on any atom is -0.480 e. The summed E-state index contributed by atoms with van der Waals surface area (Å²) in [5.41, 5.74) is 0. The molecule has 92 valence electrons. The van der Waals surface area contributed by atoms with Crippen molar-refractivity contribution in [3.05, 3.63) is 0 Å². The summed E-state index contributed by atoms with van der Waals surface area (Å²) in [7, 11) is 1.68. The number of carboxylic acids is 1. The van der Waals surface area contributed by atoms with Gasteiger partial charge in [-0.2, -0.15) is 0 Å². The fourth-order valence-corrected chi connectivity index (χ4v) is 1.64. The fraction of sp³-hybridized carbons (Fsp3) is 0.818. The number of amides is 1. The zero-order valence-corrected chi connectivity index (χ0v) is 10.1. The largest absolute Gasteiger partial charge is 0.480 e. The Morgan fingerprint density at radius 3 is 2.44 bits per heavy atom. The van der Waals surface area contributed by atoms with E-state index in [1.165, 1.54) is 0 Å². The number of aliphatic carboxylic acids is 1. The Labute approximate surface area is 95.8 Å². The Bertz CT molecular complexity index is 276. The SMILES string of the molecule is CCC(C(=O)O)N(C)C(C)C(=O)NC1CC1. The Morgan fingerprint density at radius 2 is 2.06 bits per heavy atom. The molecule has 1 fully saturated rings. The van der Waals surface area contributed by atoms with Gasteiger partial charge in [0.05, 0.1) is 6.04 Å².